The molecule has 2 aliphatic rings. The van der Waals surface area contributed by atoms with Crippen molar-refractivity contribution in [1.29, 1.82) is 0 Å². The SMILES string of the molecule is O=C(O)C1CCC1NCC1(CO)CCCCC1. The highest BCUT2D eigenvalue weighted by Gasteiger charge is 2.38. The van der Waals surface area contributed by atoms with Crippen LogP contribution in [0.5, 0.6) is 0 Å². The van der Waals surface area contributed by atoms with E-state index in [0.29, 0.717) is 0 Å². The largest absolute Gasteiger partial charge is 0.481 e. The summed E-state index contributed by atoms with van der Waals surface area (Å²) >= 11 is 0. The second-order valence-electron chi connectivity index (χ2n) is 5.73. The Morgan fingerprint density at radius 2 is 1.94 bits per heavy atom. The maximum atomic E-state index is 10.9. The van der Waals surface area contributed by atoms with Crippen molar-refractivity contribution in [3.8, 4) is 0 Å². The summed E-state index contributed by atoms with van der Waals surface area (Å²) in [5.41, 5.74) is 0.0108. The summed E-state index contributed by atoms with van der Waals surface area (Å²) in [6.45, 7) is 1.00. The lowest BCUT2D eigenvalue weighted by molar-refractivity contribution is -0.146. The average molecular weight is 241 g/mol. The van der Waals surface area contributed by atoms with E-state index in [1.54, 1.807) is 0 Å². The number of carboxylic acid groups (broad SMARTS) is 1. The molecule has 4 heteroatoms. The van der Waals surface area contributed by atoms with Gasteiger partial charge >= 0.3 is 5.97 Å². The number of hydrogen-bond donors (Lipinski definition) is 3. The number of rotatable bonds is 5. The minimum absolute atomic E-state index is 0.0108. The molecule has 0 bridgehead atoms. The predicted octanol–water partition coefficient (Wildman–Crippen LogP) is 1.38. The van der Waals surface area contributed by atoms with Crippen molar-refractivity contribution >= 4 is 5.97 Å². The van der Waals surface area contributed by atoms with Crippen LogP contribution in [0.15, 0.2) is 0 Å². The number of carbonyl (C=O) groups is 1. The summed E-state index contributed by atoms with van der Waals surface area (Å²) in [5, 5.41) is 21.9. The molecular weight excluding hydrogens is 218 g/mol. The first-order chi connectivity index (χ1) is 8.17. The molecule has 0 aromatic rings. The minimum Gasteiger partial charge on any atom is -0.481 e. The highest BCUT2D eigenvalue weighted by atomic mass is 16.4. The van der Waals surface area contributed by atoms with Gasteiger partial charge in [-0.2, -0.15) is 0 Å². The Kier molecular flexibility index (Phi) is 4.05. The Labute approximate surface area is 102 Å². The summed E-state index contributed by atoms with van der Waals surface area (Å²) < 4.78 is 0. The summed E-state index contributed by atoms with van der Waals surface area (Å²) in [6.07, 6.45) is 7.53. The van der Waals surface area contributed by atoms with Gasteiger partial charge in [0.25, 0.3) is 0 Å². The highest BCUT2D eigenvalue weighted by Crippen LogP contribution is 2.36. The molecule has 2 aliphatic carbocycles. The first kappa shape index (κ1) is 12.8. The first-order valence-corrected chi connectivity index (χ1v) is 6.74. The van der Waals surface area contributed by atoms with Crippen LogP contribution in [-0.4, -0.2) is 35.4 Å². The molecule has 17 heavy (non-hydrogen) atoms. The Balaban J connectivity index is 1.81. The van der Waals surface area contributed by atoms with Crippen molar-refractivity contribution in [2.45, 2.75) is 51.0 Å². The van der Waals surface area contributed by atoms with Crippen LogP contribution in [0.4, 0.5) is 0 Å². The number of aliphatic carboxylic acids is 1. The van der Waals surface area contributed by atoms with Crippen molar-refractivity contribution in [1.82, 2.24) is 5.32 Å². The van der Waals surface area contributed by atoms with Crippen LogP contribution in [-0.2, 0) is 4.79 Å². The molecule has 0 heterocycles. The van der Waals surface area contributed by atoms with E-state index in [0.717, 1.165) is 32.2 Å². The van der Waals surface area contributed by atoms with Gasteiger partial charge in [0.15, 0.2) is 0 Å². The molecule has 98 valence electrons. The van der Waals surface area contributed by atoms with Gasteiger partial charge in [0, 0.05) is 24.6 Å². The third-order valence-corrected chi connectivity index (χ3v) is 4.58. The Morgan fingerprint density at radius 1 is 1.24 bits per heavy atom. The zero-order valence-corrected chi connectivity index (χ0v) is 10.3. The second-order valence-corrected chi connectivity index (χ2v) is 5.73. The van der Waals surface area contributed by atoms with E-state index >= 15 is 0 Å². The van der Waals surface area contributed by atoms with E-state index in [1.807, 2.05) is 0 Å². The molecule has 2 saturated carbocycles. The lowest BCUT2D eigenvalue weighted by Crippen LogP contribution is -2.52. The van der Waals surface area contributed by atoms with E-state index < -0.39 is 5.97 Å². The van der Waals surface area contributed by atoms with Gasteiger partial charge in [0.2, 0.25) is 0 Å². The van der Waals surface area contributed by atoms with Gasteiger partial charge in [-0.3, -0.25) is 4.79 Å². The number of aliphatic hydroxyl groups is 1. The molecule has 0 radical (unpaired) electrons. The topological polar surface area (TPSA) is 69.6 Å². The molecule has 0 aromatic heterocycles. The van der Waals surface area contributed by atoms with Crippen LogP contribution in [0.3, 0.4) is 0 Å². The van der Waals surface area contributed by atoms with Crippen LogP contribution in [0.25, 0.3) is 0 Å². The van der Waals surface area contributed by atoms with E-state index in [2.05, 4.69) is 5.32 Å². The van der Waals surface area contributed by atoms with Gasteiger partial charge in [-0.25, -0.2) is 0 Å². The van der Waals surface area contributed by atoms with Gasteiger partial charge in [0.1, 0.15) is 0 Å². The van der Waals surface area contributed by atoms with Gasteiger partial charge in [-0.05, 0) is 25.7 Å². The maximum absolute atomic E-state index is 10.9. The monoisotopic (exact) mass is 241 g/mol. The van der Waals surface area contributed by atoms with Crippen molar-refractivity contribution in [2.75, 3.05) is 13.2 Å². The molecule has 0 aliphatic heterocycles. The molecule has 4 nitrogen and oxygen atoms in total. The first-order valence-electron chi connectivity index (χ1n) is 6.74. The number of hydrogen-bond acceptors (Lipinski definition) is 3. The highest BCUT2D eigenvalue weighted by molar-refractivity contribution is 5.72. The lowest BCUT2D eigenvalue weighted by Gasteiger charge is -2.40. The summed E-state index contributed by atoms with van der Waals surface area (Å²) in [6, 6.07) is 0.123. The number of carboxylic acids is 1. The minimum atomic E-state index is -0.685. The summed E-state index contributed by atoms with van der Waals surface area (Å²) in [5.74, 6) is -0.898. The fraction of sp³-hybridized carbons (Fsp3) is 0.923. The summed E-state index contributed by atoms with van der Waals surface area (Å²) in [4.78, 5) is 10.9. The Morgan fingerprint density at radius 3 is 2.41 bits per heavy atom. The van der Waals surface area contributed by atoms with Crippen LogP contribution in [0.2, 0.25) is 0 Å². The van der Waals surface area contributed by atoms with E-state index in [4.69, 9.17) is 5.11 Å². The molecular formula is C13H23NO3. The average Bonchev–Trinajstić information content (AvgIpc) is 2.28. The van der Waals surface area contributed by atoms with Gasteiger partial charge in [-0.1, -0.05) is 19.3 Å². The van der Waals surface area contributed by atoms with Crippen LogP contribution < -0.4 is 5.32 Å². The fourth-order valence-electron chi connectivity index (χ4n) is 3.08. The molecule has 2 unspecified atom stereocenters. The smallest absolute Gasteiger partial charge is 0.308 e. The van der Waals surface area contributed by atoms with Gasteiger partial charge < -0.3 is 15.5 Å². The molecule has 2 rings (SSSR count). The van der Waals surface area contributed by atoms with Crippen LogP contribution in [0, 0.1) is 11.3 Å². The molecule has 2 atom stereocenters. The van der Waals surface area contributed by atoms with Crippen molar-refractivity contribution in [3.63, 3.8) is 0 Å². The fourth-order valence-corrected chi connectivity index (χ4v) is 3.08. The lowest BCUT2D eigenvalue weighted by atomic mass is 9.73. The zero-order valence-electron chi connectivity index (χ0n) is 10.3. The second kappa shape index (κ2) is 5.36. The third-order valence-electron chi connectivity index (χ3n) is 4.58. The third kappa shape index (κ3) is 2.80. The standard InChI is InChI=1S/C13H23NO3/c15-9-13(6-2-1-3-7-13)8-14-11-5-4-10(11)12(16)17/h10-11,14-15H,1-9H2,(H,16,17). The number of aliphatic hydroxyl groups excluding tert-OH is 1. The zero-order chi connectivity index (χ0) is 12.3. The maximum Gasteiger partial charge on any atom is 0.308 e. The summed E-state index contributed by atoms with van der Waals surface area (Å²) in [7, 11) is 0. The van der Waals surface area contributed by atoms with Crippen LogP contribution in [0.1, 0.15) is 44.9 Å². The normalized spacial score (nSPS) is 31.8. The van der Waals surface area contributed by atoms with Gasteiger partial charge in [-0.15, -0.1) is 0 Å². The van der Waals surface area contributed by atoms with Crippen molar-refractivity contribution < 1.29 is 15.0 Å². The Hall–Kier alpha value is -0.610. The molecule has 0 saturated heterocycles. The molecule has 0 aromatic carbocycles. The van der Waals surface area contributed by atoms with Crippen LogP contribution >= 0.6 is 0 Å². The van der Waals surface area contributed by atoms with E-state index in [-0.39, 0.29) is 24.0 Å². The quantitative estimate of drug-likeness (QED) is 0.680. The number of nitrogens with one attached hydrogen (secondary N) is 1. The van der Waals surface area contributed by atoms with Crippen molar-refractivity contribution in [3.05, 3.63) is 0 Å². The van der Waals surface area contributed by atoms with E-state index in [1.165, 1.54) is 19.3 Å². The predicted molar refractivity (Wildman–Crippen MR) is 64.8 cm³/mol. The van der Waals surface area contributed by atoms with Crippen molar-refractivity contribution in [2.24, 2.45) is 11.3 Å². The van der Waals surface area contributed by atoms with E-state index in [9.17, 15) is 9.90 Å². The molecule has 0 spiro atoms. The Bertz CT molecular complexity index is 274. The molecule has 3 N–H and O–H groups in total. The molecule has 0 amide bonds. The molecule has 2 fully saturated rings. The van der Waals surface area contributed by atoms with Gasteiger partial charge in [0.05, 0.1) is 5.92 Å².